The lowest BCUT2D eigenvalue weighted by Crippen LogP contribution is -2.03. The van der Waals surface area contributed by atoms with E-state index in [9.17, 15) is 0 Å². The van der Waals surface area contributed by atoms with E-state index >= 15 is 0 Å². The van der Waals surface area contributed by atoms with Crippen LogP contribution in [0, 0.1) is 0 Å². The maximum atomic E-state index is 4.76. The summed E-state index contributed by atoms with van der Waals surface area (Å²) in [6.07, 6.45) is 0. The highest BCUT2D eigenvalue weighted by molar-refractivity contribution is 8.00. The number of thioether (sulfide) groups is 1. The number of pyridine rings is 1. The van der Waals surface area contributed by atoms with Crippen molar-refractivity contribution in [3.05, 3.63) is 66.4 Å². The van der Waals surface area contributed by atoms with Gasteiger partial charge in [-0.1, -0.05) is 48.2 Å². The number of aromatic nitrogens is 1. The Morgan fingerprint density at radius 1 is 0.895 bits per heavy atom. The van der Waals surface area contributed by atoms with Gasteiger partial charge < -0.3 is 5.32 Å². The van der Waals surface area contributed by atoms with Gasteiger partial charge in [0.1, 0.15) is 5.37 Å². The van der Waals surface area contributed by atoms with E-state index < -0.39 is 0 Å². The summed E-state index contributed by atoms with van der Waals surface area (Å²) in [5.74, 6) is 0. The molecule has 1 N–H and O–H groups in total. The molecule has 2 heterocycles. The van der Waals surface area contributed by atoms with Crippen molar-refractivity contribution >= 4 is 28.4 Å². The topological polar surface area (TPSA) is 24.9 Å². The molecule has 2 nitrogen and oxygen atoms in total. The van der Waals surface area contributed by atoms with Crippen LogP contribution in [0.5, 0.6) is 0 Å². The Hall–Kier alpha value is -2.00. The Labute approximate surface area is 115 Å². The molecular formula is C16H12N2S. The molecule has 4 rings (SSSR count). The van der Waals surface area contributed by atoms with E-state index in [1.54, 1.807) is 0 Å². The summed E-state index contributed by atoms with van der Waals surface area (Å²) in [6.45, 7) is 0. The van der Waals surface area contributed by atoms with E-state index in [0.717, 1.165) is 11.2 Å². The number of nitrogens with one attached hydrogen (secondary N) is 1. The highest BCUT2D eigenvalue weighted by atomic mass is 32.2. The summed E-state index contributed by atoms with van der Waals surface area (Å²) in [6, 6.07) is 20.9. The predicted octanol–water partition coefficient (Wildman–Crippen LogP) is 4.45. The van der Waals surface area contributed by atoms with Gasteiger partial charge in [0, 0.05) is 16.0 Å². The molecule has 0 saturated carbocycles. The van der Waals surface area contributed by atoms with Crippen LogP contribution in [0.15, 0.2) is 65.6 Å². The molecule has 0 radical (unpaired) electrons. The molecule has 3 aromatic rings. The van der Waals surface area contributed by atoms with E-state index in [-0.39, 0.29) is 5.37 Å². The number of anilines is 1. The van der Waals surface area contributed by atoms with Crippen molar-refractivity contribution < 1.29 is 0 Å². The molecule has 0 amide bonds. The molecule has 0 bridgehead atoms. The number of para-hydroxylation sites is 2. The highest BCUT2D eigenvalue weighted by Crippen LogP contribution is 2.45. The Bertz CT molecular complexity index is 729. The van der Waals surface area contributed by atoms with Crippen molar-refractivity contribution in [3.8, 4) is 0 Å². The van der Waals surface area contributed by atoms with Gasteiger partial charge in [-0.25, -0.2) is 4.98 Å². The molecule has 19 heavy (non-hydrogen) atoms. The summed E-state index contributed by atoms with van der Waals surface area (Å²) < 4.78 is 0. The average Bonchev–Trinajstić information content (AvgIpc) is 2.90. The van der Waals surface area contributed by atoms with Crippen molar-refractivity contribution in [1.29, 1.82) is 0 Å². The van der Waals surface area contributed by atoms with Crippen LogP contribution < -0.4 is 5.32 Å². The smallest absolute Gasteiger partial charge is 0.120 e. The number of hydrogen-bond donors (Lipinski definition) is 1. The third kappa shape index (κ3) is 1.87. The van der Waals surface area contributed by atoms with Gasteiger partial charge in [0.25, 0.3) is 0 Å². The summed E-state index contributed by atoms with van der Waals surface area (Å²) in [4.78, 5) is 6.05. The second-order valence-electron chi connectivity index (χ2n) is 4.57. The zero-order chi connectivity index (χ0) is 12.7. The molecule has 0 saturated heterocycles. The first-order chi connectivity index (χ1) is 9.40. The summed E-state index contributed by atoms with van der Waals surface area (Å²) >= 11 is 1.82. The third-order valence-corrected chi connectivity index (χ3v) is 4.51. The zero-order valence-corrected chi connectivity index (χ0v) is 11.0. The predicted molar refractivity (Wildman–Crippen MR) is 80.4 cm³/mol. The summed E-state index contributed by atoms with van der Waals surface area (Å²) in [5.41, 5.74) is 3.34. The molecule has 1 aliphatic heterocycles. The van der Waals surface area contributed by atoms with Crippen LogP contribution in [0.4, 0.5) is 5.69 Å². The van der Waals surface area contributed by atoms with Crippen LogP contribution >= 0.6 is 11.8 Å². The highest BCUT2D eigenvalue weighted by Gasteiger charge is 2.23. The molecule has 1 aliphatic rings. The second-order valence-corrected chi connectivity index (χ2v) is 5.71. The Kier molecular flexibility index (Phi) is 2.45. The maximum Gasteiger partial charge on any atom is 0.120 e. The van der Waals surface area contributed by atoms with E-state index in [1.807, 2.05) is 23.9 Å². The quantitative estimate of drug-likeness (QED) is 0.703. The van der Waals surface area contributed by atoms with Crippen molar-refractivity contribution in [2.45, 2.75) is 10.3 Å². The van der Waals surface area contributed by atoms with Crippen molar-refractivity contribution in [2.24, 2.45) is 0 Å². The van der Waals surface area contributed by atoms with Crippen molar-refractivity contribution in [1.82, 2.24) is 4.98 Å². The van der Waals surface area contributed by atoms with Crippen LogP contribution in [0.2, 0.25) is 0 Å². The number of nitrogens with zero attached hydrogens (tertiary/aromatic N) is 1. The first-order valence-corrected chi connectivity index (χ1v) is 7.16. The number of benzene rings is 2. The Morgan fingerprint density at radius 2 is 1.74 bits per heavy atom. The lowest BCUT2D eigenvalue weighted by atomic mass is 10.2. The van der Waals surface area contributed by atoms with E-state index in [1.165, 1.54) is 16.0 Å². The lowest BCUT2D eigenvalue weighted by Gasteiger charge is -2.10. The van der Waals surface area contributed by atoms with Crippen molar-refractivity contribution in [2.75, 3.05) is 5.32 Å². The van der Waals surface area contributed by atoms with Gasteiger partial charge in [-0.15, -0.1) is 0 Å². The molecule has 2 aromatic carbocycles. The van der Waals surface area contributed by atoms with Crippen LogP contribution in [0.25, 0.3) is 10.9 Å². The van der Waals surface area contributed by atoms with Gasteiger partial charge in [-0.2, -0.15) is 0 Å². The summed E-state index contributed by atoms with van der Waals surface area (Å²) in [7, 11) is 0. The Balaban J connectivity index is 1.73. The van der Waals surface area contributed by atoms with Gasteiger partial charge in [0.15, 0.2) is 0 Å². The molecule has 1 aromatic heterocycles. The Morgan fingerprint density at radius 3 is 2.68 bits per heavy atom. The van der Waals surface area contributed by atoms with Crippen LogP contribution in [0.1, 0.15) is 11.1 Å². The molecule has 0 spiro atoms. The molecule has 1 atom stereocenters. The number of fused-ring (bicyclic) bond motifs is 2. The SMILES string of the molecule is c1ccc2c(c1)N[C@@H](c1ccc3ccccc3n1)S2. The standard InChI is InChI=1S/C16H12N2S/c1-2-6-12-11(5-1)9-10-14(17-12)16-18-13-7-3-4-8-15(13)19-16/h1-10,16,18H/t16-/m1/s1. The van der Waals surface area contributed by atoms with Gasteiger partial charge in [-0.05, 0) is 24.3 Å². The van der Waals surface area contributed by atoms with Crippen LogP contribution in [0.3, 0.4) is 0 Å². The molecule has 0 aliphatic carbocycles. The molecule has 92 valence electrons. The van der Waals surface area contributed by atoms with Gasteiger partial charge >= 0.3 is 0 Å². The van der Waals surface area contributed by atoms with E-state index in [4.69, 9.17) is 4.98 Å². The first-order valence-electron chi connectivity index (χ1n) is 6.28. The molecule has 0 unspecified atom stereocenters. The molecule has 3 heteroatoms. The van der Waals surface area contributed by atoms with Gasteiger partial charge in [0.05, 0.1) is 11.2 Å². The lowest BCUT2D eigenvalue weighted by molar-refractivity contribution is 1.05. The largest absolute Gasteiger partial charge is 0.367 e. The van der Waals surface area contributed by atoms with Gasteiger partial charge in [-0.3, -0.25) is 0 Å². The number of hydrogen-bond acceptors (Lipinski definition) is 3. The monoisotopic (exact) mass is 264 g/mol. The van der Waals surface area contributed by atoms with Crippen LogP contribution in [-0.4, -0.2) is 4.98 Å². The minimum absolute atomic E-state index is 0.210. The normalized spacial score (nSPS) is 17.2. The van der Waals surface area contributed by atoms with Crippen LogP contribution in [-0.2, 0) is 0 Å². The van der Waals surface area contributed by atoms with Gasteiger partial charge in [0.2, 0.25) is 0 Å². The third-order valence-electron chi connectivity index (χ3n) is 3.31. The maximum absolute atomic E-state index is 4.76. The first kappa shape index (κ1) is 10.9. The minimum atomic E-state index is 0.210. The fraction of sp³-hybridized carbons (Fsp3) is 0.0625. The second kappa shape index (κ2) is 4.28. The van der Waals surface area contributed by atoms with E-state index in [2.05, 4.69) is 53.8 Å². The van der Waals surface area contributed by atoms with E-state index in [0.29, 0.717) is 0 Å². The molecular weight excluding hydrogens is 252 g/mol. The summed E-state index contributed by atoms with van der Waals surface area (Å²) in [5, 5.41) is 4.91. The van der Waals surface area contributed by atoms with Crippen molar-refractivity contribution in [3.63, 3.8) is 0 Å². The fourth-order valence-corrected chi connectivity index (χ4v) is 3.45. The fourth-order valence-electron chi connectivity index (χ4n) is 2.35. The number of rotatable bonds is 1. The zero-order valence-electron chi connectivity index (χ0n) is 10.2. The minimum Gasteiger partial charge on any atom is -0.367 e. The molecule has 0 fully saturated rings. The average molecular weight is 264 g/mol.